The van der Waals surface area contributed by atoms with Gasteiger partial charge in [-0.3, -0.25) is 4.98 Å². The number of hydrogen-bond acceptors (Lipinski definition) is 3. The van der Waals surface area contributed by atoms with Gasteiger partial charge < -0.3 is 19.5 Å². The predicted molar refractivity (Wildman–Crippen MR) is 135 cm³/mol. The first kappa shape index (κ1) is 21.5. The van der Waals surface area contributed by atoms with E-state index in [1.165, 1.54) is 0 Å². The Morgan fingerprint density at radius 1 is 1.03 bits per heavy atom. The number of aromatic nitrogens is 2. The van der Waals surface area contributed by atoms with Crippen LogP contribution in [0.25, 0.3) is 5.69 Å². The van der Waals surface area contributed by atoms with E-state index in [0.717, 1.165) is 28.4 Å². The van der Waals surface area contributed by atoms with E-state index >= 15 is 0 Å². The number of rotatable bonds is 6. The molecule has 5 rings (SSSR count). The molecule has 2 unspecified atom stereocenters. The molecule has 1 aliphatic heterocycles. The van der Waals surface area contributed by atoms with Crippen molar-refractivity contribution in [2.45, 2.75) is 18.6 Å². The van der Waals surface area contributed by atoms with Crippen LogP contribution in [-0.4, -0.2) is 26.7 Å². The number of halogens is 1. The van der Waals surface area contributed by atoms with Crippen molar-refractivity contribution in [1.82, 2.24) is 19.8 Å². The van der Waals surface area contributed by atoms with Crippen molar-refractivity contribution in [3.05, 3.63) is 113 Å². The summed E-state index contributed by atoms with van der Waals surface area (Å²) in [7, 11) is 1.67. The molecule has 0 radical (unpaired) electrons. The maximum Gasteiger partial charge on any atom is 0.170 e. The van der Waals surface area contributed by atoms with Gasteiger partial charge in [-0.15, -0.1) is 0 Å². The van der Waals surface area contributed by atoms with E-state index in [4.69, 9.17) is 28.6 Å². The van der Waals surface area contributed by atoms with Crippen LogP contribution in [0.4, 0.5) is 0 Å². The molecule has 4 aromatic rings. The molecule has 0 bridgehead atoms. The summed E-state index contributed by atoms with van der Waals surface area (Å²) in [6.07, 6.45) is 3.88. The Bertz CT molecular complexity index is 1260. The van der Waals surface area contributed by atoms with Gasteiger partial charge in [-0.25, -0.2) is 0 Å². The van der Waals surface area contributed by atoms with E-state index in [0.29, 0.717) is 16.7 Å². The first-order chi connectivity index (χ1) is 16.1. The minimum Gasteiger partial charge on any atom is -0.497 e. The number of benzene rings is 2. The summed E-state index contributed by atoms with van der Waals surface area (Å²) in [5.74, 6) is 0.832. The van der Waals surface area contributed by atoms with Gasteiger partial charge in [0.15, 0.2) is 5.11 Å². The molecule has 0 saturated carbocycles. The largest absolute Gasteiger partial charge is 0.497 e. The number of nitrogens with one attached hydrogen (secondary N) is 1. The SMILES string of the molecule is COc1ccc(CN2C(=S)NC(c3ccccn3)C2c2cccn2-c2cccc(Cl)c2)cc1. The quantitative estimate of drug-likeness (QED) is 0.363. The Kier molecular flexibility index (Phi) is 6.03. The molecular weight excluding hydrogens is 452 g/mol. The highest BCUT2D eigenvalue weighted by atomic mass is 35.5. The first-order valence-corrected chi connectivity index (χ1v) is 11.5. The number of pyridine rings is 1. The van der Waals surface area contributed by atoms with E-state index in [2.05, 4.69) is 56.3 Å². The fourth-order valence-electron chi connectivity index (χ4n) is 4.32. The summed E-state index contributed by atoms with van der Waals surface area (Å²) < 4.78 is 7.49. The van der Waals surface area contributed by atoms with Crippen molar-refractivity contribution < 1.29 is 4.74 Å². The van der Waals surface area contributed by atoms with Gasteiger partial charge in [-0.2, -0.15) is 0 Å². The monoisotopic (exact) mass is 474 g/mol. The highest BCUT2D eigenvalue weighted by Gasteiger charge is 2.41. The zero-order chi connectivity index (χ0) is 22.8. The summed E-state index contributed by atoms with van der Waals surface area (Å²) in [6, 6.07) is 26.0. The van der Waals surface area contributed by atoms with Gasteiger partial charge in [0, 0.05) is 35.3 Å². The van der Waals surface area contributed by atoms with Crippen LogP contribution in [0.5, 0.6) is 5.75 Å². The molecule has 0 aliphatic carbocycles. The van der Waals surface area contributed by atoms with E-state index in [9.17, 15) is 0 Å². The molecule has 2 aromatic heterocycles. The van der Waals surface area contributed by atoms with E-state index in [1.807, 2.05) is 54.7 Å². The average Bonchev–Trinajstić information content (AvgIpc) is 3.45. The second-order valence-corrected chi connectivity index (χ2v) is 8.71. The Morgan fingerprint density at radius 2 is 1.88 bits per heavy atom. The van der Waals surface area contributed by atoms with Gasteiger partial charge in [0.1, 0.15) is 5.75 Å². The third-order valence-corrected chi connectivity index (χ3v) is 6.47. The zero-order valence-corrected chi connectivity index (χ0v) is 19.6. The summed E-state index contributed by atoms with van der Waals surface area (Å²) in [5, 5.41) is 4.92. The summed E-state index contributed by atoms with van der Waals surface area (Å²) in [4.78, 5) is 6.87. The Hall–Kier alpha value is -3.35. The molecule has 33 heavy (non-hydrogen) atoms. The molecule has 7 heteroatoms. The first-order valence-electron chi connectivity index (χ1n) is 10.7. The second kappa shape index (κ2) is 9.25. The number of hydrogen-bond donors (Lipinski definition) is 1. The Morgan fingerprint density at radius 3 is 2.61 bits per heavy atom. The van der Waals surface area contributed by atoms with Gasteiger partial charge in [0.2, 0.25) is 0 Å². The molecule has 0 amide bonds. The molecule has 2 atom stereocenters. The van der Waals surface area contributed by atoms with Gasteiger partial charge in [-0.1, -0.05) is 35.9 Å². The lowest BCUT2D eigenvalue weighted by molar-refractivity contribution is 0.302. The highest BCUT2D eigenvalue weighted by molar-refractivity contribution is 7.80. The normalized spacial score (nSPS) is 17.8. The molecule has 1 fully saturated rings. The van der Waals surface area contributed by atoms with Crippen molar-refractivity contribution in [2.75, 3.05) is 7.11 Å². The highest BCUT2D eigenvalue weighted by Crippen LogP contribution is 2.40. The lowest BCUT2D eigenvalue weighted by Crippen LogP contribution is -2.30. The van der Waals surface area contributed by atoms with Crippen LogP contribution in [0.3, 0.4) is 0 Å². The van der Waals surface area contributed by atoms with E-state index < -0.39 is 0 Å². The molecule has 1 aliphatic rings. The molecule has 166 valence electrons. The molecule has 2 aromatic carbocycles. The van der Waals surface area contributed by atoms with Gasteiger partial charge >= 0.3 is 0 Å². The molecule has 0 spiro atoms. The van der Waals surface area contributed by atoms with Crippen molar-refractivity contribution >= 4 is 28.9 Å². The maximum atomic E-state index is 6.31. The van der Waals surface area contributed by atoms with Crippen LogP contribution < -0.4 is 10.1 Å². The minimum absolute atomic E-state index is 0.0662. The van der Waals surface area contributed by atoms with E-state index in [-0.39, 0.29) is 12.1 Å². The number of nitrogens with zero attached hydrogens (tertiary/aromatic N) is 3. The van der Waals surface area contributed by atoms with Crippen molar-refractivity contribution in [2.24, 2.45) is 0 Å². The Balaban J connectivity index is 1.58. The van der Waals surface area contributed by atoms with Crippen molar-refractivity contribution in [1.29, 1.82) is 0 Å². The number of methoxy groups -OCH3 is 1. The lowest BCUT2D eigenvalue weighted by atomic mass is 10.0. The number of thiocarbonyl (C=S) groups is 1. The summed E-state index contributed by atoms with van der Waals surface area (Å²) >= 11 is 12.1. The van der Waals surface area contributed by atoms with Crippen LogP contribution in [-0.2, 0) is 6.54 Å². The van der Waals surface area contributed by atoms with Gasteiger partial charge in [0.05, 0.1) is 24.9 Å². The van der Waals surface area contributed by atoms with Crippen LogP contribution in [0.2, 0.25) is 5.02 Å². The fraction of sp³-hybridized carbons (Fsp3) is 0.154. The zero-order valence-electron chi connectivity index (χ0n) is 18.1. The molecule has 1 saturated heterocycles. The smallest absolute Gasteiger partial charge is 0.170 e. The third-order valence-electron chi connectivity index (χ3n) is 5.88. The molecule has 5 nitrogen and oxygen atoms in total. The summed E-state index contributed by atoms with van der Waals surface area (Å²) in [5.41, 5.74) is 4.20. The molecule has 1 N–H and O–H groups in total. The standard InChI is InChI=1S/C26H23ClN4OS/c1-32-21-12-10-18(11-13-21)17-31-25(24(29-26(31)33)22-8-2-3-14-28-22)23-9-5-15-30(23)20-7-4-6-19(27)16-20/h2-16,24-25H,17H2,1H3,(H,29,33). The second-order valence-electron chi connectivity index (χ2n) is 7.89. The van der Waals surface area contributed by atoms with Crippen LogP contribution in [0, 0.1) is 0 Å². The minimum atomic E-state index is -0.0928. The van der Waals surface area contributed by atoms with Crippen LogP contribution in [0.15, 0.2) is 91.3 Å². The topological polar surface area (TPSA) is 42.3 Å². The number of ether oxygens (including phenoxy) is 1. The predicted octanol–water partition coefficient (Wildman–Crippen LogP) is 5.71. The molecule has 3 heterocycles. The fourth-order valence-corrected chi connectivity index (χ4v) is 4.81. The summed E-state index contributed by atoms with van der Waals surface area (Å²) in [6.45, 7) is 0.657. The average molecular weight is 475 g/mol. The lowest BCUT2D eigenvalue weighted by Gasteiger charge is -2.29. The van der Waals surface area contributed by atoms with E-state index in [1.54, 1.807) is 7.11 Å². The van der Waals surface area contributed by atoms with Crippen LogP contribution >= 0.6 is 23.8 Å². The third kappa shape index (κ3) is 4.32. The van der Waals surface area contributed by atoms with Crippen LogP contribution in [0.1, 0.15) is 29.0 Å². The van der Waals surface area contributed by atoms with Gasteiger partial charge in [-0.05, 0) is 72.4 Å². The maximum absolute atomic E-state index is 6.31. The van der Waals surface area contributed by atoms with Gasteiger partial charge in [0.25, 0.3) is 0 Å². The van der Waals surface area contributed by atoms with Crippen molar-refractivity contribution in [3.8, 4) is 11.4 Å². The Labute approximate surface area is 203 Å². The van der Waals surface area contributed by atoms with Crippen molar-refractivity contribution in [3.63, 3.8) is 0 Å². The molecular formula is C26H23ClN4OS.